The summed E-state index contributed by atoms with van der Waals surface area (Å²) in [6.45, 7) is 0. The molecule has 8 aromatic carbocycles. The molecule has 222 valence electrons. The van der Waals surface area contributed by atoms with Crippen LogP contribution in [0.4, 0.5) is 0 Å². The fourth-order valence-electron chi connectivity index (χ4n) is 7.45. The van der Waals surface area contributed by atoms with Gasteiger partial charge >= 0.3 is 0 Å². The van der Waals surface area contributed by atoms with Gasteiger partial charge in [0, 0.05) is 29.1 Å². The molecule has 0 saturated heterocycles. The normalized spacial score (nSPS) is 11.8. The average molecular weight is 611 g/mol. The highest BCUT2D eigenvalue weighted by Crippen LogP contribution is 2.44. The lowest BCUT2D eigenvalue weighted by atomic mass is 9.88. The number of fused-ring (bicyclic) bond motifs is 2. The number of aromatic nitrogens is 4. The largest absolute Gasteiger partial charge is 0.265 e. The van der Waals surface area contributed by atoms with E-state index < -0.39 is 0 Å². The van der Waals surface area contributed by atoms with Crippen LogP contribution < -0.4 is 0 Å². The van der Waals surface area contributed by atoms with Crippen molar-refractivity contribution in [2.45, 2.75) is 0 Å². The number of rotatable bonds is 4. The number of hydrogen-bond donors (Lipinski definition) is 0. The Morgan fingerprint density at radius 3 is 1.54 bits per heavy atom. The van der Waals surface area contributed by atoms with Gasteiger partial charge in [-0.2, -0.15) is 0 Å². The molecule has 0 fully saturated rings. The van der Waals surface area contributed by atoms with E-state index in [1.165, 1.54) is 32.5 Å². The molecular formula is C44H26N4. The fraction of sp³-hybridized carbons (Fsp3) is 0. The smallest absolute Gasteiger partial charge is 0.165 e. The Morgan fingerprint density at radius 1 is 0.312 bits per heavy atom. The van der Waals surface area contributed by atoms with Crippen molar-refractivity contribution in [2.75, 3.05) is 0 Å². The summed E-state index contributed by atoms with van der Waals surface area (Å²) < 4.78 is 0. The van der Waals surface area contributed by atoms with Crippen molar-refractivity contribution >= 4 is 53.9 Å². The molecule has 0 aliphatic rings. The monoisotopic (exact) mass is 610 g/mol. The van der Waals surface area contributed by atoms with Gasteiger partial charge in [0.15, 0.2) is 17.5 Å². The summed E-state index contributed by atoms with van der Waals surface area (Å²) in [4.78, 5) is 20.1. The molecule has 0 amide bonds. The lowest BCUT2D eigenvalue weighted by Crippen LogP contribution is -2.02. The second-order valence-electron chi connectivity index (χ2n) is 12.2. The van der Waals surface area contributed by atoms with Crippen molar-refractivity contribution in [3.63, 3.8) is 0 Å². The minimum atomic E-state index is 0.646. The summed E-state index contributed by atoms with van der Waals surface area (Å²) >= 11 is 0. The minimum absolute atomic E-state index is 0.646. The third-order valence-electron chi connectivity index (χ3n) is 9.56. The zero-order valence-corrected chi connectivity index (χ0v) is 25.8. The molecule has 0 radical (unpaired) electrons. The Bertz CT molecular complexity index is 2750. The van der Waals surface area contributed by atoms with Crippen LogP contribution in [0.3, 0.4) is 0 Å². The summed E-state index contributed by atoms with van der Waals surface area (Å²) in [5.41, 5.74) is 5.24. The molecule has 48 heavy (non-hydrogen) atoms. The van der Waals surface area contributed by atoms with Crippen molar-refractivity contribution in [1.82, 2.24) is 19.9 Å². The van der Waals surface area contributed by atoms with Gasteiger partial charge in [-0.1, -0.05) is 127 Å². The quantitative estimate of drug-likeness (QED) is 0.147. The highest BCUT2D eigenvalue weighted by molar-refractivity contribution is 6.25. The van der Waals surface area contributed by atoms with Crippen LogP contribution in [-0.4, -0.2) is 19.9 Å². The van der Waals surface area contributed by atoms with Crippen molar-refractivity contribution < 1.29 is 0 Å². The Morgan fingerprint density at radius 2 is 0.854 bits per heavy atom. The molecule has 0 N–H and O–H groups in total. The standard InChI is InChI=1S/C44H26N4/c1-2-9-31(10-3-1)42-46-43(37-22-20-29-18-17-27-11-8-12-28-19-21-36(37)40(29)38(27)28)48-44(47-42)41-34-15-6-4-13-32(34)39(30-23-25-45-26-24-30)33-14-5-7-16-35(33)41/h1-26H. The highest BCUT2D eigenvalue weighted by atomic mass is 15.0. The summed E-state index contributed by atoms with van der Waals surface area (Å²) in [6, 6.07) is 51.3. The van der Waals surface area contributed by atoms with E-state index in [1.54, 1.807) is 0 Å². The Labute approximate surface area is 276 Å². The second kappa shape index (κ2) is 10.5. The van der Waals surface area contributed by atoms with Gasteiger partial charge in [-0.05, 0) is 83.2 Å². The fourth-order valence-corrected chi connectivity index (χ4v) is 7.45. The first-order valence-electron chi connectivity index (χ1n) is 16.1. The number of benzene rings is 8. The van der Waals surface area contributed by atoms with Crippen molar-refractivity contribution in [1.29, 1.82) is 0 Å². The second-order valence-corrected chi connectivity index (χ2v) is 12.2. The van der Waals surface area contributed by atoms with Gasteiger partial charge < -0.3 is 0 Å². The summed E-state index contributed by atoms with van der Waals surface area (Å²) in [5.74, 6) is 1.95. The van der Waals surface area contributed by atoms with Crippen LogP contribution in [0, 0.1) is 0 Å². The molecule has 10 rings (SSSR count). The molecule has 0 atom stereocenters. The molecule has 0 aliphatic heterocycles. The zero-order valence-electron chi connectivity index (χ0n) is 25.8. The minimum Gasteiger partial charge on any atom is -0.265 e. The van der Waals surface area contributed by atoms with E-state index in [0.29, 0.717) is 17.5 Å². The highest BCUT2D eigenvalue weighted by Gasteiger charge is 2.21. The topological polar surface area (TPSA) is 51.6 Å². The van der Waals surface area contributed by atoms with E-state index in [0.717, 1.165) is 49.2 Å². The summed E-state index contributed by atoms with van der Waals surface area (Å²) in [7, 11) is 0. The Hall–Kier alpha value is -6.52. The number of hydrogen-bond acceptors (Lipinski definition) is 4. The molecule has 10 aromatic rings. The lowest BCUT2D eigenvalue weighted by Gasteiger charge is -2.18. The third-order valence-corrected chi connectivity index (χ3v) is 9.56. The molecule has 0 aliphatic carbocycles. The van der Waals surface area contributed by atoms with Crippen LogP contribution in [-0.2, 0) is 0 Å². The van der Waals surface area contributed by atoms with Crippen LogP contribution in [0.15, 0.2) is 158 Å². The maximum Gasteiger partial charge on any atom is 0.165 e. The van der Waals surface area contributed by atoms with E-state index in [4.69, 9.17) is 15.0 Å². The molecule has 4 nitrogen and oxygen atoms in total. The molecular weight excluding hydrogens is 585 g/mol. The first-order valence-corrected chi connectivity index (χ1v) is 16.1. The van der Waals surface area contributed by atoms with Gasteiger partial charge in [0.05, 0.1) is 0 Å². The Kier molecular flexibility index (Phi) is 5.84. The van der Waals surface area contributed by atoms with Gasteiger partial charge in [-0.3, -0.25) is 4.98 Å². The molecule has 0 saturated carbocycles. The van der Waals surface area contributed by atoms with Crippen LogP contribution in [0.5, 0.6) is 0 Å². The van der Waals surface area contributed by atoms with Crippen molar-refractivity contribution in [3.8, 4) is 45.3 Å². The molecule has 2 aromatic heterocycles. The van der Waals surface area contributed by atoms with Gasteiger partial charge in [-0.15, -0.1) is 0 Å². The van der Waals surface area contributed by atoms with Gasteiger partial charge in [-0.25, -0.2) is 15.0 Å². The SMILES string of the molecule is c1ccc(-c2nc(-c3c4ccccc4c(-c4ccncc4)c4ccccc34)nc(-c3ccc4ccc5cccc6ccc3c4c56)n2)cc1. The lowest BCUT2D eigenvalue weighted by molar-refractivity contribution is 1.08. The molecule has 2 heterocycles. The average Bonchev–Trinajstić information content (AvgIpc) is 3.16. The third kappa shape index (κ3) is 4.03. The predicted molar refractivity (Wildman–Crippen MR) is 198 cm³/mol. The van der Waals surface area contributed by atoms with Crippen LogP contribution in [0.1, 0.15) is 0 Å². The maximum atomic E-state index is 5.35. The van der Waals surface area contributed by atoms with Crippen molar-refractivity contribution in [3.05, 3.63) is 158 Å². The predicted octanol–water partition coefficient (Wildman–Crippen LogP) is 11.1. The molecule has 0 bridgehead atoms. The number of nitrogens with zero attached hydrogens (tertiary/aromatic N) is 4. The van der Waals surface area contributed by atoms with Gasteiger partial charge in [0.2, 0.25) is 0 Å². The summed E-state index contributed by atoms with van der Waals surface area (Å²) in [5, 5.41) is 11.8. The first-order chi connectivity index (χ1) is 23.8. The van der Waals surface area contributed by atoms with Gasteiger partial charge in [0.1, 0.15) is 0 Å². The van der Waals surface area contributed by atoms with E-state index in [2.05, 4.69) is 132 Å². The Balaban J connectivity index is 1.32. The molecule has 4 heteroatoms. The molecule has 0 unspecified atom stereocenters. The van der Waals surface area contributed by atoms with E-state index in [1.807, 2.05) is 30.6 Å². The van der Waals surface area contributed by atoms with Crippen molar-refractivity contribution in [2.24, 2.45) is 0 Å². The number of pyridine rings is 1. The van der Waals surface area contributed by atoms with Crippen LogP contribution in [0.25, 0.3) is 99.2 Å². The van der Waals surface area contributed by atoms with Crippen LogP contribution >= 0.6 is 0 Å². The summed E-state index contributed by atoms with van der Waals surface area (Å²) in [6.07, 6.45) is 3.71. The first kappa shape index (κ1) is 26.7. The molecule has 0 spiro atoms. The zero-order chi connectivity index (χ0) is 31.6. The van der Waals surface area contributed by atoms with E-state index in [9.17, 15) is 0 Å². The van der Waals surface area contributed by atoms with E-state index >= 15 is 0 Å². The maximum absolute atomic E-state index is 5.35. The van der Waals surface area contributed by atoms with Gasteiger partial charge in [0.25, 0.3) is 0 Å². The van der Waals surface area contributed by atoms with E-state index in [-0.39, 0.29) is 0 Å². The van der Waals surface area contributed by atoms with Crippen LogP contribution in [0.2, 0.25) is 0 Å².